The molecule has 1 amide bonds. The Hall–Kier alpha value is -2.32. The molecule has 0 radical (unpaired) electrons. The zero-order chi connectivity index (χ0) is 23.1. The zero-order valence-electron chi connectivity index (χ0n) is 20.1. The Balaban J connectivity index is 1.60. The van der Waals surface area contributed by atoms with Gasteiger partial charge in [0.05, 0.1) is 18.8 Å². The average Bonchev–Trinajstić information content (AvgIpc) is 3.17. The van der Waals surface area contributed by atoms with Gasteiger partial charge >= 0.3 is 0 Å². The lowest BCUT2D eigenvalue weighted by Crippen LogP contribution is -2.50. The van der Waals surface area contributed by atoms with Gasteiger partial charge in [0.15, 0.2) is 5.96 Å². The van der Waals surface area contributed by atoms with Crippen molar-refractivity contribution in [2.45, 2.75) is 71.2 Å². The number of rotatable bonds is 7. The van der Waals surface area contributed by atoms with Gasteiger partial charge in [0.2, 0.25) is 5.91 Å². The van der Waals surface area contributed by atoms with Crippen molar-refractivity contribution in [2.24, 2.45) is 4.99 Å². The van der Waals surface area contributed by atoms with Crippen molar-refractivity contribution in [1.29, 1.82) is 0 Å². The fourth-order valence-corrected chi connectivity index (χ4v) is 3.99. The van der Waals surface area contributed by atoms with Crippen LogP contribution in [0.1, 0.15) is 47.5 Å². The summed E-state index contributed by atoms with van der Waals surface area (Å²) in [5.74, 6) is 1.25. The van der Waals surface area contributed by atoms with E-state index in [0.717, 1.165) is 31.1 Å². The summed E-state index contributed by atoms with van der Waals surface area (Å²) < 4.78 is 11.8. The van der Waals surface area contributed by atoms with Gasteiger partial charge in [0.25, 0.3) is 0 Å². The van der Waals surface area contributed by atoms with Crippen molar-refractivity contribution in [3.63, 3.8) is 0 Å². The van der Waals surface area contributed by atoms with Crippen molar-refractivity contribution in [3.05, 3.63) is 24.3 Å². The molecule has 2 saturated heterocycles. The molecule has 3 rings (SSSR count). The average molecular weight is 446 g/mol. The van der Waals surface area contributed by atoms with Crippen LogP contribution in [-0.2, 0) is 9.53 Å². The third-order valence-electron chi connectivity index (χ3n) is 5.34. The lowest BCUT2D eigenvalue weighted by molar-refractivity contribution is -0.121. The van der Waals surface area contributed by atoms with Gasteiger partial charge < -0.3 is 25.4 Å². The summed E-state index contributed by atoms with van der Waals surface area (Å²) in [6.07, 6.45) is 2.71. The molecule has 3 N–H and O–H groups in total. The molecule has 32 heavy (non-hydrogen) atoms. The molecule has 1 aromatic carbocycles. The van der Waals surface area contributed by atoms with Crippen molar-refractivity contribution >= 4 is 17.6 Å². The number of hydrogen-bond acceptors (Lipinski definition) is 5. The van der Waals surface area contributed by atoms with Crippen LogP contribution >= 0.6 is 0 Å². The second-order valence-corrected chi connectivity index (χ2v) is 9.91. The summed E-state index contributed by atoms with van der Waals surface area (Å²) in [7, 11) is 0. The van der Waals surface area contributed by atoms with E-state index < -0.39 is 0 Å². The Labute approximate surface area is 192 Å². The third-order valence-corrected chi connectivity index (χ3v) is 5.34. The van der Waals surface area contributed by atoms with Crippen LogP contribution in [0.2, 0.25) is 0 Å². The topological polar surface area (TPSA) is 87.2 Å². The molecule has 2 aliphatic heterocycles. The van der Waals surface area contributed by atoms with E-state index in [1.807, 2.05) is 58.9 Å². The van der Waals surface area contributed by atoms with Crippen LogP contribution in [-0.4, -0.2) is 73.3 Å². The number of carbonyl (C=O) groups excluding carboxylic acids is 1. The third kappa shape index (κ3) is 7.98. The minimum atomic E-state index is -0.290. The SMILES string of the molecule is CC(C)Oc1ccc(NC(=NCC(=O)NC(C)(C)C)NCC2CN3CCCC3CO2)cc1. The van der Waals surface area contributed by atoms with Crippen molar-refractivity contribution < 1.29 is 14.3 Å². The highest BCUT2D eigenvalue weighted by atomic mass is 16.5. The number of aliphatic imine (C=N–C) groups is 1. The maximum absolute atomic E-state index is 12.3. The fraction of sp³-hybridized carbons (Fsp3) is 0.667. The monoisotopic (exact) mass is 445 g/mol. The number of fused-ring (bicyclic) bond motifs is 1. The molecule has 0 bridgehead atoms. The molecule has 2 unspecified atom stereocenters. The number of guanidine groups is 1. The Kier molecular flexibility index (Phi) is 8.37. The van der Waals surface area contributed by atoms with E-state index >= 15 is 0 Å². The zero-order valence-corrected chi connectivity index (χ0v) is 20.1. The Bertz CT molecular complexity index is 773. The smallest absolute Gasteiger partial charge is 0.242 e. The molecule has 2 aliphatic rings. The van der Waals surface area contributed by atoms with Crippen molar-refractivity contribution in [3.8, 4) is 5.75 Å². The van der Waals surface area contributed by atoms with Crippen molar-refractivity contribution in [1.82, 2.24) is 15.5 Å². The van der Waals surface area contributed by atoms with E-state index in [1.165, 1.54) is 12.8 Å². The number of morpholine rings is 1. The van der Waals surface area contributed by atoms with Crippen LogP contribution in [0.15, 0.2) is 29.3 Å². The summed E-state index contributed by atoms with van der Waals surface area (Å²) in [5, 5.41) is 9.60. The van der Waals surface area contributed by atoms with Gasteiger partial charge in [-0.1, -0.05) is 0 Å². The van der Waals surface area contributed by atoms with Gasteiger partial charge in [-0.2, -0.15) is 0 Å². The first-order chi connectivity index (χ1) is 15.2. The number of ether oxygens (including phenoxy) is 2. The lowest BCUT2D eigenvalue weighted by atomic mass is 10.1. The van der Waals surface area contributed by atoms with Gasteiger partial charge in [0.1, 0.15) is 12.3 Å². The van der Waals surface area contributed by atoms with Gasteiger partial charge in [-0.25, -0.2) is 4.99 Å². The highest BCUT2D eigenvalue weighted by molar-refractivity contribution is 5.95. The molecule has 8 nitrogen and oxygen atoms in total. The predicted octanol–water partition coefficient (Wildman–Crippen LogP) is 2.61. The molecular weight excluding hydrogens is 406 g/mol. The number of amides is 1. The van der Waals surface area contributed by atoms with Gasteiger partial charge in [-0.05, 0) is 78.3 Å². The first kappa shape index (κ1) is 24.3. The molecule has 0 spiro atoms. The van der Waals surface area contributed by atoms with Gasteiger partial charge in [-0.15, -0.1) is 0 Å². The first-order valence-corrected chi connectivity index (χ1v) is 11.7. The minimum Gasteiger partial charge on any atom is -0.491 e. The van der Waals surface area contributed by atoms with E-state index in [0.29, 0.717) is 18.5 Å². The highest BCUT2D eigenvalue weighted by Crippen LogP contribution is 2.22. The molecule has 178 valence electrons. The minimum absolute atomic E-state index is 0.0425. The number of hydrogen-bond donors (Lipinski definition) is 3. The van der Waals surface area contributed by atoms with Gasteiger partial charge in [0, 0.05) is 30.4 Å². The standard InChI is InChI=1S/C24H39N5O3/c1-17(2)32-20-10-8-18(9-11-20)27-23(26-14-22(30)28-24(3,4)5)25-13-21-15-29-12-6-7-19(29)16-31-21/h8-11,17,19,21H,6-7,12-16H2,1-5H3,(H,28,30)(H2,25,26,27). The maximum atomic E-state index is 12.3. The second-order valence-electron chi connectivity index (χ2n) is 9.91. The fourth-order valence-electron chi connectivity index (χ4n) is 3.99. The summed E-state index contributed by atoms with van der Waals surface area (Å²) in [5.41, 5.74) is 0.579. The summed E-state index contributed by atoms with van der Waals surface area (Å²) in [6.45, 7) is 13.4. The van der Waals surface area contributed by atoms with E-state index in [-0.39, 0.29) is 30.2 Å². The Morgan fingerprint density at radius 1 is 1.28 bits per heavy atom. The second kappa shape index (κ2) is 11.0. The Morgan fingerprint density at radius 3 is 2.72 bits per heavy atom. The number of anilines is 1. The van der Waals surface area contributed by atoms with E-state index in [9.17, 15) is 4.79 Å². The summed E-state index contributed by atoms with van der Waals surface area (Å²) in [6, 6.07) is 8.30. The van der Waals surface area contributed by atoms with E-state index in [2.05, 4.69) is 25.8 Å². The maximum Gasteiger partial charge on any atom is 0.242 e. The first-order valence-electron chi connectivity index (χ1n) is 11.7. The molecular formula is C24H39N5O3. The Morgan fingerprint density at radius 2 is 2.03 bits per heavy atom. The lowest BCUT2D eigenvalue weighted by Gasteiger charge is -2.35. The molecule has 2 heterocycles. The molecule has 2 fully saturated rings. The van der Waals surface area contributed by atoms with Crippen LogP contribution in [0.25, 0.3) is 0 Å². The van der Waals surface area contributed by atoms with E-state index in [4.69, 9.17) is 9.47 Å². The molecule has 0 saturated carbocycles. The largest absolute Gasteiger partial charge is 0.491 e. The molecule has 0 aliphatic carbocycles. The molecule has 1 aromatic rings. The molecule has 8 heteroatoms. The van der Waals surface area contributed by atoms with E-state index in [1.54, 1.807) is 0 Å². The quantitative estimate of drug-likeness (QED) is 0.442. The number of benzene rings is 1. The van der Waals surface area contributed by atoms with Crippen molar-refractivity contribution in [2.75, 3.05) is 38.1 Å². The normalized spacial score (nSPS) is 21.9. The number of carbonyl (C=O) groups is 1. The van der Waals surface area contributed by atoms with Crippen LogP contribution in [0.5, 0.6) is 5.75 Å². The van der Waals surface area contributed by atoms with Crippen LogP contribution in [0, 0.1) is 0 Å². The predicted molar refractivity (Wildman–Crippen MR) is 128 cm³/mol. The van der Waals surface area contributed by atoms with Gasteiger partial charge in [-0.3, -0.25) is 9.69 Å². The number of nitrogens with zero attached hydrogens (tertiary/aromatic N) is 2. The highest BCUT2D eigenvalue weighted by Gasteiger charge is 2.32. The summed E-state index contributed by atoms with van der Waals surface area (Å²) >= 11 is 0. The van der Waals surface area contributed by atoms with Crippen LogP contribution in [0.4, 0.5) is 5.69 Å². The van der Waals surface area contributed by atoms with Crippen LogP contribution in [0.3, 0.4) is 0 Å². The summed E-state index contributed by atoms with van der Waals surface area (Å²) in [4.78, 5) is 19.3. The number of nitrogens with one attached hydrogen (secondary N) is 3. The molecule has 2 atom stereocenters. The van der Waals surface area contributed by atoms with Crippen LogP contribution < -0.4 is 20.7 Å². The molecule has 0 aromatic heterocycles.